The highest BCUT2D eigenvalue weighted by Crippen LogP contribution is 2.12. The van der Waals surface area contributed by atoms with Gasteiger partial charge in [-0.15, -0.1) is 11.8 Å². The van der Waals surface area contributed by atoms with Gasteiger partial charge in [-0.05, 0) is 43.3 Å². The molecule has 0 radical (unpaired) electrons. The molecule has 3 N–H and O–H groups in total. The monoisotopic (exact) mass is 400 g/mol. The molecule has 0 spiro atoms. The third kappa shape index (κ3) is 6.55. The second-order valence-corrected chi connectivity index (χ2v) is 6.96. The maximum absolute atomic E-state index is 12.1. The van der Waals surface area contributed by atoms with E-state index in [1.807, 2.05) is 0 Å². The van der Waals surface area contributed by atoms with Crippen LogP contribution < -0.4 is 10.6 Å². The Kier molecular flexibility index (Phi) is 7.76. The number of thioether (sulfide) groups is 1. The maximum atomic E-state index is 12.1. The SMILES string of the molecule is CC(=O)c1ccc(NC(=O)CSCC(NC(=O)c2ccccc2)C(=O)O)cc1. The number of ketones is 1. The number of carboxylic acid groups (broad SMARTS) is 1. The molecule has 0 aromatic heterocycles. The summed E-state index contributed by atoms with van der Waals surface area (Å²) in [5.74, 6) is -1.95. The van der Waals surface area contributed by atoms with E-state index >= 15 is 0 Å². The average molecular weight is 400 g/mol. The number of carboxylic acids is 1. The van der Waals surface area contributed by atoms with Gasteiger partial charge in [0, 0.05) is 22.6 Å². The molecule has 7 nitrogen and oxygen atoms in total. The van der Waals surface area contributed by atoms with Gasteiger partial charge in [0.05, 0.1) is 5.75 Å². The average Bonchev–Trinajstić information content (AvgIpc) is 2.68. The predicted octanol–water partition coefficient (Wildman–Crippen LogP) is 2.44. The molecule has 0 saturated carbocycles. The molecule has 0 aliphatic rings. The predicted molar refractivity (Wildman–Crippen MR) is 108 cm³/mol. The van der Waals surface area contributed by atoms with Crippen molar-refractivity contribution in [3.05, 3.63) is 65.7 Å². The molecule has 1 atom stereocenters. The summed E-state index contributed by atoms with van der Waals surface area (Å²) in [6.45, 7) is 1.46. The Bertz CT molecular complexity index is 853. The lowest BCUT2D eigenvalue weighted by molar-refractivity contribution is -0.138. The molecule has 0 aliphatic carbocycles. The van der Waals surface area contributed by atoms with Crippen LogP contribution in [-0.4, -0.2) is 46.2 Å². The summed E-state index contributed by atoms with van der Waals surface area (Å²) in [7, 11) is 0. The summed E-state index contributed by atoms with van der Waals surface area (Å²) in [6.07, 6.45) is 0. The van der Waals surface area contributed by atoms with Crippen molar-refractivity contribution in [2.45, 2.75) is 13.0 Å². The molecule has 8 heteroatoms. The first-order valence-electron chi connectivity index (χ1n) is 8.44. The van der Waals surface area contributed by atoms with Crippen LogP contribution in [0.15, 0.2) is 54.6 Å². The van der Waals surface area contributed by atoms with E-state index in [1.54, 1.807) is 54.6 Å². The molecule has 0 fully saturated rings. The first kappa shape index (κ1) is 21.2. The van der Waals surface area contributed by atoms with E-state index in [0.717, 1.165) is 11.8 Å². The normalized spacial score (nSPS) is 11.3. The Labute approximate surface area is 166 Å². The number of hydrogen-bond donors (Lipinski definition) is 3. The Morgan fingerprint density at radius 1 is 0.964 bits per heavy atom. The molecule has 0 saturated heterocycles. The quantitative estimate of drug-likeness (QED) is 0.558. The molecule has 146 valence electrons. The van der Waals surface area contributed by atoms with Crippen molar-refractivity contribution in [3.8, 4) is 0 Å². The summed E-state index contributed by atoms with van der Waals surface area (Å²) in [5, 5.41) is 14.4. The molecule has 2 amide bonds. The molecule has 2 aromatic rings. The van der Waals surface area contributed by atoms with Gasteiger partial charge >= 0.3 is 5.97 Å². The lowest BCUT2D eigenvalue weighted by Crippen LogP contribution is -2.42. The zero-order chi connectivity index (χ0) is 20.5. The minimum absolute atomic E-state index is 0.0272. The van der Waals surface area contributed by atoms with Gasteiger partial charge in [-0.25, -0.2) is 4.79 Å². The number of benzene rings is 2. The number of rotatable bonds is 9. The number of carbonyl (C=O) groups is 4. The summed E-state index contributed by atoms with van der Waals surface area (Å²) in [6, 6.07) is 13.7. The molecule has 0 bridgehead atoms. The van der Waals surface area contributed by atoms with E-state index in [4.69, 9.17) is 0 Å². The van der Waals surface area contributed by atoms with Gasteiger partial charge in [-0.1, -0.05) is 18.2 Å². The van der Waals surface area contributed by atoms with Crippen molar-refractivity contribution in [2.75, 3.05) is 16.8 Å². The molecule has 0 aliphatic heterocycles. The minimum Gasteiger partial charge on any atom is -0.480 e. The third-order valence-electron chi connectivity index (χ3n) is 3.73. The standard InChI is InChI=1S/C20H20N2O5S/c1-13(23)14-7-9-16(10-8-14)21-18(24)12-28-11-17(20(26)27)22-19(25)15-5-3-2-4-6-15/h2-10,17H,11-12H2,1H3,(H,21,24)(H,22,25)(H,26,27). The Morgan fingerprint density at radius 3 is 2.18 bits per heavy atom. The van der Waals surface area contributed by atoms with Crippen LogP contribution in [-0.2, 0) is 9.59 Å². The number of anilines is 1. The smallest absolute Gasteiger partial charge is 0.327 e. The molecule has 2 aromatic carbocycles. The fourth-order valence-electron chi connectivity index (χ4n) is 2.26. The lowest BCUT2D eigenvalue weighted by Gasteiger charge is -2.14. The van der Waals surface area contributed by atoms with Gasteiger partial charge in [0.25, 0.3) is 5.91 Å². The van der Waals surface area contributed by atoms with Gasteiger partial charge < -0.3 is 15.7 Å². The number of aliphatic carboxylic acids is 1. The van der Waals surface area contributed by atoms with Crippen molar-refractivity contribution in [2.24, 2.45) is 0 Å². The zero-order valence-electron chi connectivity index (χ0n) is 15.2. The maximum Gasteiger partial charge on any atom is 0.327 e. The highest BCUT2D eigenvalue weighted by atomic mass is 32.2. The minimum atomic E-state index is -1.17. The first-order valence-corrected chi connectivity index (χ1v) is 9.59. The molecule has 2 rings (SSSR count). The first-order chi connectivity index (χ1) is 13.4. The number of amides is 2. The molecule has 1 unspecified atom stereocenters. The van der Waals surface area contributed by atoms with Crippen molar-refractivity contribution in [1.82, 2.24) is 5.32 Å². The Morgan fingerprint density at radius 2 is 1.61 bits per heavy atom. The van der Waals surface area contributed by atoms with Crippen LogP contribution in [0.4, 0.5) is 5.69 Å². The van der Waals surface area contributed by atoms with Crippen LogP contribution in [0.25, 0.3) is 0 Å². The van der Waals surface area contributed by atoms with Gasteiger partial charge in [0.15, 0.2) is 5.78 Å². The molecule has 28 heavy (non-hydrogen) atoms. The highest BCUT2D eigenvalue weighted by Gasteiger charge is 2.21. The molecule has 0 heterocycles. The van der Waals surface area contributed by atoms with Crippen molar-refractivity contribution < 1.29 is 24.3 Å². The van der Waals surface area contributed by atoms with E-state index in [9.17, 15) is 24.3 Å². The number of nitrogens with one attached hydrogen (secondary N) is 2. The van der Waals surface area contributed by atoms with Crippen molar-refractivity contribution in [1.29, 1.82) is 0 Å². The van der Waals surface area contributed by atoms with Crippen LogP contribution in [0.3, 0.4) is 0 Å². The van der Waals surface area contributed by atoms with Crippen LogP contribution >= 0.6 is 11.8 Å². The fourth-order valence-corrected chi connectivity index (χ4v) is 3.10. The Balaban J connectivity index is 1.81. The van der Waals surface area contributed by atoms with Gasteiger partial charge in [-0.2, -0.15) is 0 Å². The van der Waals surface area contributed by atoms with Gasteiger partial charge in [0.2, 0.25) is 5.91 Å². The largest absolute Gasteiger partial charge is 0.480 e. The van der Waals surface area contributed by atoms with Gasteiger partial charge in [0.1, 0.15) is 6.04 Å². The van der Waals surface area contributed by atoms with Crippen LogP contribution in [0.5, 0.6) is 0 Å². The van der Waals surface area contributed by atoms with Crippen LogP contribution in [0.2, 0.25) is 0 Å². The number of Topliss-reactive ketones (excluding diaryl/α,β-unsaturated/α-hetero) is 1. The van der Waals surface area contributed by atoms with E-state index in [-0.39, 0.29) is 23.2 Å². The summed E-state index contributed by atoms with van der Waals surface area (Å²) >= 11 is 1.10. The van der Waals surface area contributed by atoms with E-state index < -0.39 is 17.9 Å². The second-order valence-electron chi connectivity index (χ2n) is 5.93. The summed E-state index contributed by atoms with van der Waals surface area (Å²) < 4.78 is 0. The number of carbonyl (C=O) groups excluding carboxylic acids is 3. The van der Waals surface area contributed by atoms with E-state index in [2.05, 4.69) is 10.6 Å². The third-order valence-corrected chi connectivity index (χ3v) is 4.77. The molecular weight excluding hydrogens is 380 g/mol. The summed E-state index contributed by atoms with van der Waals surface area (Å²) in [4.78, 5) is 46.7. The number of hydrogen-bond acceptors (Lipinski definition) is 5. The van der Waals surface area contributed by atoms with Crippen molar-refractivity contribution in [3.63, 3.8) is 0 Å². The lowest BCUT2D eigenvalue weighted by atomic mass is 10.1. The van der Waals surface area contributed by atoms with Crippen molar-refractivity contribution >= 4 is 41.0 Å². The van der Waals surface area contributed by atoms with E-state index in [0.29, 0.717) is 16.8 Å². The zero-order valence-corrected chi connectivity index (χ0v) is 16.0. The fraction of sp³-hybridized carbons (Fsp3) is 0.200. The molecular formula is C20H20N2O5S. The topological polar surface area (TPSA) is 113 Å². The van der Waals surface area contributed by atoms with Crippen LogP contribution in [0.1, 0.15) is 27.6 Å². The summed E-state index contributed by atoms with van der Waals surface area (Å²) in [5.41, 5.74) is 1.46. The van der Waals surface area contributed by atoms with E-state index in [1.165, 1.54) is 6.92 Å². The second kappa shape index (κ2) is 10.3. The Hall–Kier alpha value is -3.13. The van der Waals surface area contributed by atoms with Gasteiger partial charge in [-0.3, -0.25) is 14.4 Å². The highest BCUT2D eigenvalue weighted by molar-refractivity contribution is 8.00. The van der Waals surface area contributed by atoms with Crippen LogP contribution in [0, 0.1) is 0 Å².